The molecular formula is C24H24BrNO5S. The zero-order chi connectivity index (χ0) is 23.3. The van der Waals surface area contributed by atoms with Crippen molar-refractivity contribution in [3.63, 3.8) is 0 Å². The molecule has 8 heteroatoms. The molecule has 3 aromatic rings. The largest absolute Gasteiger partial charge is 0.497 e. The van der Waals surface area contributed by atoms with Crippen LogP contribution in [0.25, 0.3) is 0 Å². The van der Waals surface area contributed by atoms with Crippen molar-refractivity contribution in [2.75, 3.05) is 14.2 Å². The molecule has 6 nitrogen and oxygen atoms in total. The minimum atomic E-state index is -3.97. The third-order valence-electron chi connectivity index (χ3n) is 4.98. The van der Waals surface area contributed by atoms with Crippen LogP contribution in [-0.2, 0) is 10.0 Å². The number of halogens is 1. The van der Waals surface area contributed by atoms with Crippen molar-refractivity contribution in [3.8, 4) is 11.5 Å². The van der Waals surface area contributed by atoms with Gasteiger partial charge in [0.25, 0.3) is 0 Å². The second-order valence-electron chi connectivity index (χ2n) is 7.18. The van der Waals surface area contributed by atoms with Gasteiger partial charge in [0.1, 0.15) is 17.5 Å². The van der Waals surface area contributed by atoms with Crippen LogP contribution in [0.4, 0.5) is 0 Å². The molecule has 3 rings (SSSR count). The number of Topliss-reactive ketones (excluding diaryl/α,β-unsaturated/α-hetero) is 1. The Morgan fingerprint density at radius 3 is 2.12 bits per heavy atom. The molecule has 32 heavy (non-hydrogen) atoms. The van der Waals surface area contributed by atoms with Crippen LogP contribution in [0.15, 0.2) is 77.7 Å². The summed E-state index contributed by atoms with van der Waals surface area (Å²) in [7, 11) is -0.889. The van der Waals surface area contributed by atoms with Crippen molar-refractivity contribution in [2.24, 2.45) is 0 Å². The highest BCUT2D eigenvalue weighted by atomic mass is 79.9. The van der Waals surface area contributed by atoms with Gasteiger partial charge in [-0.25, -0.2) is 8.42 Å². The highest BCUT2D eigenvalue weighted by Crippen LogP contribution is 2.32. The second-order valence-corrected chi connectivity index (χ2v) is 9.88. The highest BCUT2D eigenvalue weighted by Gasteiger charge is 2.33. The fourth-order valence-electron chi connectivity index (χ4n) is 3.14. The van der Waals surface area contributed by atoms with E-state index in [1.807, 2.05) is 6.92 Å². The first kappa shape index (κ1) is 24.0. The van der Waals surface area contributed by atoms with E-state index in [2.05, 4.69) is 20.7 Å². The van der Waals surface area contributed by atoms with Crippen LogP contribution < -0.4 is 14.2 Å². The Morgan fingerprint density at radius 1 is 0.906 bits per heavy atom. The molecule has 0 aliphatic heterocycles. The predicted octanol–water partition coefficient (Wildman–Crippen LogP) is 4.68. The van der Waals surface area contributed by atoms with Crippen molar-refractivity contribution >= 4 is 31.7 Å². The van der Waals surface area contributed by atoms with Gasteiger partial charge < -0.3 is 9.47 Å². The van der Waals surface area contributed by atoms with Crippen LogP contribution in [-0.4, -0.2) is 34.5 Å². The van der Waals surface area contributed by atoms with Crippen LogP contribution in [0.2, 0.25) is 0 Å². The molecule has 0 aromatic heterocycles. The maximum Gasteiger partial charge on any atom is 0.241 e. The van der Waals surface area contributed by atoms with Crippen molar-refractivity contribution in [1.29, 1.82) is 0 Å². The fraction of sp³-hybridized carbons (Fsp3) is 0.208. The van der Waals surface area contributed by atoms with Crippen molar-refractivity contribution in [3.05, 3.63) is 89.5 Å². The Labute approximate surface area is 196 Å². The van der Waals surface area contributed by atoms with E-state index in [0.29, 0.717) is 22.6 Å². The van der Waals surface area contributed by atoms with Crippen molar-refractivity contribution in [1.82, 2.24) is 4.72 Å². The molecule has 3 aromatic carbocycles. The molecule has 0 unspecified atom stereocenters. The Morgan fingerprint density at radius 2 is 1.53 bits per heavy atom. The molecular weight excluding hydrogens is 494 g/mol. The number of rotatable bonds is 9. The lowest BCUT2D eigenvalue weighted by atomic mass is 9.98. The SMILES string of the molecule is COc1ccc(C(=O)[C@H](NS(=O)(=O)c2ccc(C)cc2)[C@H](Br)c2cccc(OC)c2)cc1. The molecule has 0 spiro atoms. The summed E-state index contributed by atoms with van der Waals surface area (Å²) in [4.78, 5) is 12.9. The van der Waals surface area contributed by atoms with E-state index in [1.165, 1.54) is 19.2 Å². The van der Waals surface area contributed by atoms with Crippen molar-refractivity contribution < 1.29 is 22.7 Å². The van der Waals surface area contributed by atoms with Gasteiger partial charge in [0.2, 0.25) is 10.0 Å². The van der Waals surface area contributed by atoms with E-state index >= 15 is 0 Å². The van der Waals surface area contributed by atoms with Gasteiger partial charge in [-0.2, -0.15) is 4.72 Å². The molecule has 0 fully saturated rings. The molecule has 0 aliphatic rings. The monoisotopic (exact) mass is 517 g/mol. The van der Waals surface area contributed by atoms with Crippen molar-refractivity contribution in [2.45, 2.75) is 22.7 Å². The quantitative estimate of drug-likeness (QED) is 0.329. The summed E-state index contributed by atoms with van der Waals surface area (Å²) in [6.45, 7) is 1.87. The van der Waals surface area contributed by atoms with Gasteiger partial charge in [-0.15, -0.1) is 0 Å². The Bertz CT molecular complexity index is 1180. The van der Waals surface area contributed by atoms with Crippen LogP contribution in [0.3, 0.4) is 0 Å². The minimum Gasteiger partial charge on any atom is -0.497 e. The smallest absolute Gasteiger partial charge is 0.241 e. The number of sulfonamides is 1. The number of aryl methyl sites for hydroxylation is 1. The Hall–Kier alpha value is -2.68. The topological polar surface area (TPSA) is 81.7 Å². The van der Waals surface area contributed by atoms with Gasteiger partial charge in [0.15, 0.2) is 5.78 Å². The zero-order valence-corrected chi connectivity index (χ0v) is 20.3. The summed E-state index contributed by atoms with van der Waals surface area (Å²) in [5.74, 6) is 0.818. The number of nitrogens with one attached hydrogen (secondary N) is 1. The number of alkyl halides is 1. The van der Waals surface area contributed by atoms with Gasteiger partial charge in [0.05, 0.1) is 23.9 Å². The minimum absolute atomic E-state index is 0.0842. The number of carbonyl (C=O) groups excluding carboxylic acids is 1. The first-order valence-corrected chi connectivity index (χ1v) is 12.2. The van der Waals surface area contributed by atoms with Gasteiger partial charge >= 0.3 is 0 Å². The number of hydrogen-bond acceptors (Lipinski definition) is 5. The normalized spacial score (nSPS) is 13.2. The van der Waals surface area contributed by atoms with Gasteiger partial charge in [-0.1, -0.05) is 45.8 Å². The number of benzene rings is 3. The maximum atomic E-state index is 13.4. The molecule has 2 atom stereocenters. The summed E-state index contributed by atoms with van der Waals surface area (Å²) in [6.07, 6.45) is 0. The average Bonchev–Trinajstić information content (AvgIpc) is 2.82. The third-order valence-corrected chi connectivity index (χ3v) is 7.49. The summed E-state index contributed by atoms with van der Waals surface area (Å²) >= 11 is 3.55. The molecule has 0 radical (unpaired) electrons. The number of methoxy groups -OCH3 is 2. The average molecular weight is 518 g/mol. The van der Waals surface area contributed by atoms with Gasteiger partial charge in [-0.3, -0.25) is 4.79 Å². The fourth-order valence-corrected chi connectivity index (χ4v) is 5.18. The third kappa shape index (κ3) is 5.56. The summed E-state index contributed by atoms with van der Waals surface area (Å²) in [5.41, 5.74) is 1.99. The predicted molar refractivity (Wildman–Crippen MR) is 127 cm³/mol. The summed E-state index contributed by atoms with van der Waals surface area (Å²) < 4.78 is 39.3. The van der Waals surface area contributed by atoms with E-state index in [-0.39, 0.29) is 10.7 Å². The highest BCUT2D eigenvalue weighted by molar-refractivity contribution is 9.09. The van der Waals surface area contributed by atoms with E-state index in [4.69, 9.17) is 9.47 Å². The van der Waals surface area contributed by atoms with E-state index in [1.54, 1.807) is 67.8 Å². The van der Waals surface area contributed by atoms with Crippen LogP contribution in [0.5, 0.6) is 11.5 Å². The number of carbonyl (C=O) groups is 1. The lowest BCUT2D eigenvalue weighted by Gasteiger charge is -2.24. The molecule has 168 valence electrons. The van der Waals surface area contributed by atoms with Crippen LogP contribution in [0, 0.1) is 6.92 Å². The lowest BCUT2D eigenvalue weighted by Crippen LogP contribution is -2.43. The number of ketones is 1. The van der Waals surface area contributed by atoms with Crippen LogP contribution >= 0.6 is 15.9 Å². The van der Waals surface area contributed by atoms with Gasteiger partial charge in [-0.05, 0) is 61.0 Å². The first-order chi connectivity index (χ1) is 15.2. The number of hydrogen-bond donors (Lipinski definition) is 1. The van der Waals surface area contributed by atoms with Gasteiger partial charge in [0, 0.05) is 5.56 Å². The number of ether oxygens (including phenoxy) is 2. The van der Waals surface area contributed by atoms with E-state index in [0.717, 1.165) is 5.56 Å². The molecule has 0 bridgehead atoms. The summed E-state index contributed by atoms with van der Waals surface area (Å²) in [6, 6.07) is 19.0. The zero-order valence-electron chi connectivity index (χ0n) is 17.9. The first-order valence-electron chi connectivity index (χ1n) is 9.80. The lowest BCUT2D eigenvalue weighted by molar-refractivity contribution is 0.0952. The molecule has 0 aliphatic carbocycles. The van der Waals surface area contributed by atoms with Crippen LogP contribution in [0.1, 0.15) is 26.3 Å². The van der Waals surface area contributed by atoms with E-state index in [9.17, 15) is 13.2 Å². The molecule has 1 N–H and O–H groups in total. The standard InChI is InChI=1S/C24H24BrNO5S/c1-16-7-13-21(14-8-16)32(28,29)26-23(22(25)18-5-4-6-20(15-18)31-3)24(27)17-9-11-19(30-2)12-10-17/h4-15,22-23,26H,1-3H3/t22-,23-/m1/s1. The summed E-state index contributed by atoms with van der Waals surface area (Å²) in [5, 5.41) is 0. The molecule has 0 heterocycles. The molecule has 0 saturated heterocycles. The molecule has 0 amide bonds. The Balaban J connectivity index is 2.01. The maximum absolute atomic E-state index is 13.4. The Kier molecular flexibility index (Phi) is 7.71. The van der Waals surface area contributed by atoms with E-state index < -0.39 is 20.9 Å². The molecule has 0 saturated carbocycles. The second kappa shape index (κ2) is 10.3.